The van der Waals surface area contributed by atoms with Gasteiger partial charge in [0.25, 0.3) is 5.91 Å². The summed E-state index contributed by atoms with van der Waals surface area (Å²) in [6, 6.07) is 10.3. The smallest absolute Gasteiger partial charge is 0.267 e. The lowest BCUT2D eigenvalue weighted by Gasteiger charge is -2.34. The van der Waals surface area contributed by atoms with Gasteiger partial charge >= 0.3 is 0 Å². The summed E-state index contributed by atoms with van der Waals surface area (Å²) < 4.78 is 31.2. The van der Waals surface area contributed by atoms with Crippen molar-refractivity contribution in [3.63, 3.8) is 0 Å². The van der Waals surface area contributed by atoms with E-state index in [-0.39, 0.29) is 6.54 Å². The van der Waals surface area contributed by atoms with E-state index in [9.17, 15) is 13.2 Å². The number of amides is 1. The molecule has 0 fully saturated rings. The largest absolute Gasteiger partial charge is 0.476 e. The topological polar surface area (TPSA) is 75.7 Å². The van der Waals surface area contributed by atoms with E-state index in [1.165, 1.54) is 6.07 Å². The third kappa shape index (κ3) is 3.78. The summed E-state index contributed by atoms with van der Waals surface area (Å²) in [4.78, 5) is 12.7. The number of rotatable bonds is 3. The van der Waals surface area contributed by atoms with E-state index < -0.39 is 22.0 Å². The molecule has 0 bridgehead atoms. The van der Waals surface area contributed by atoms with Gasteiger partial charge in [-0.25, -0.2) is 8.42 Å². The Morgan fingerprint density at radius 3 is 2.62 bits per heavy atom. The SMILES string of the molecule is Cc1ccc(NC(=O)[C@H]2CN(S(C)(=O)=O)c3cc(Cl)ccc3O2)c(C)c1. The van der Waals surface area contributed by atoms with Crippen LogP contribution in [0.2, 0.25) is 5.02 Å². The molecule has 6 nitrogen and oxygen atoms in total. The van der Waals surface area contributed by atoms with Crippen LogP contribution in [-0.4, -0.2) is 33.2 Å². The van der Waals surface area contributed by atoms with Crippen molar-refractivity contribution >= 4 is 38.9 Å². The summed E-state index contributed by atoms with van der Waals surface area (Å²) in [5.41, 5.74) is 3.00. The summed E-state index contributed by atoms with van der Waals surface area (Å²) >= 11 is 5.97. The van der Waals surface area contributed by atoms with Gasteiger partial charge in [-0.3, -0.25) is 9.10 Å². The molecule has 1 heterocycles. The molecule has 2 aromatic carbocycles. The van der Waals surface area contributed by atoms with Crippen LogP contribution in [0.25, 0.3) is 0 Å². The van der Waals surface area contributed by atoms with Crippen molar-refractivity contribution in [2.24, 2.45) is 0 Å². The fourth-order valence-corrected chi connectivity index (χ4v) is 3.91. The summed E-state index contributed by atoms with van der Waals surface area (Å²) in [5.74, 6) is -0.113. The molecule has 1 atom stereocenters. The van der Waals surface area contributed by atoms with Crippen molar-refractivity contribution in [2.75, 3.05) is 22.4 Å². The number of anilines is 2. The van der Waals surface area contributed by atoms with Crippen LogP contribution in [0.1, 0.15) is 11.1 Å². The number of carbonyl (C=O) groups is 1. The first kappa shape index (κ1) is 18.5. The van der Waals surface area contributed by atoms with Crippen molar-refractivity contribution in [3.8, 4) is 5.75 Å². The molecule has 1 aliphatic rings. The van der Waals surface area contributed by atoms with Gasteiger partial charge < -0.3 is 10.1 Å². The summed E-state index contributed by atoms with van der Waals surface area (Å²) in [7, 11) is -3.59. The average molecular weight is 395 g/mol. The Labute approximate surface area is 157 Å². The number of hydrogen-bond donors (Lipinski definition) is 1. The van der Waals surface area contributed by atoms with Crippen LogP contribution in [0, 0.1) is 13.8 Å². The first-order valence-electron chi connectivity index (χ1n) is 7.97. The molecule has 138 valence electrons. The number of sulfonamides is 1. The molecule has 8 heteroatoms. The second kappa shape index (κ2) is 6.81. The molecule has 0 aliphatic carbocycles. The molecule has 1 N–H and O–H groups in total. The highest BCUT2D eigenvalue weighted by atomic mass is 35.5. The standard InChI is InChI=1S/C18H19ClN2O4S/c1-11-4-6-14(12(2)8-11)20-18(22)17-10-21(26(3,23)24)15-9-13(19)5-7-16(15)25-17/h4-9,17H,10H2,1-3H3,(H,20,22)/t17-/m1/s1. The van der Waals surface area contributed by atoms with Gasteiger partial charge in [0.2, 0.25) is 10.0 Å². The first-order valence-corrected chi connectivity index (χ1v) is 10.2. The number of aryl methyl sites for hydroxylation is 2. The van der Waals surface area contributed by atoms with Crippen LogP contribution in [0.15, 0.2) is 36.4 Å². The van der Waals surface area contributed by atoms with Crippen LogP contribution < -0.4 is 14.4 Å². The van der Waals surface area contributed by atoms with Gasteiger partial charge in [0.15, 0.2) is 6.10 Å². The molecular weight excluding hydrogens is 376 g/mol. The third-order valence-corrected chi connectivity index (χ3v) is 5.50. The zero-order valence-electron chi connectivity index (χ0n) is 14.6. The Morgan fingerprint density at radius 2 is 1.96 bits per heavy atom. The number of carbonyl (C=O) groups excluding carboxylic acids is 1. The predicted octanol–water partition coefficient (Wildman–Crippen LogP) is 3.12. The zero-order chi connectivity index (χ0) is 19.1. The molecule has 2 aromatic rings. The number of ether oxygens (including phenoxy) is 1. The van der Waals surface area contributed by atoms with Gasteiger partial charge in [-0.1, -0.05) is 29.3 Å². The number of benzene rings is 2. The van der Waals surface area contributed by atoms with Gasteiger partial charge in [0.1, 0.15) is 5.75 Å². The van der Waals surface area contributed by atoms with Crippen molar-refractivity contribution in [1.29, 1.82) is 0 Å². The van der Waals surface area contributed by atoms with Gasteiger partial charge in [0, 0.05) is 10.7 Å². The van der Waals surface area contributed by atoms with Crippen LogP contribution in [-0.2, 0) is 14.8 Å². The monoisotopic (exact) mass is 394 g/mol. The van der Waals surface area contributed by atoms with Crippen molar-refractivity contribution in [1.82, 2.24) is 0 Å². The molecule has 0 saturated heterocycles. The van der Waals surface area contributed by atoms with Crippen LogP contribution in [0.5, 0.6) is 5.75 Å². The van der Waals surface area contributed by atoms with Crippen LogP contribution in [0.3, 0.4) is 0 Å². The van der Waals surface area contributed by atoms with E-state index in [1.54, 1.807) is 12.1 Å². The molecule has 1 amide bonds. The predicted molar refractivity (Wildman–Crippen MR) is 103 cm³/mol. The van der Waals surface area contributed by atoms with E-state index >= 15 is 0 Å². The highest BCUT2D eigenvalue weighted by Crippen LogP contribution is 2.37. The van der Waals surface area contributed by atoms with Crippen molar-refractivity contribution < 1.29 is 17.9 Å². The van der Waals surface area contributed by atoms with E-state index in [1.807, 2.05) is 32.0 Å². The van der Waals surface area contributed by atoms with Crippen LogP contribution in [0.4, 0.5) is 11.4 Å². The minimum absolute atomic E-state index is 0.122. The zero-order valence-corrected chi connectivity index (χ0v) is 16.2. The van der Waals surface area contributed by atoms with Gasteiger partial charge in [0.05, 0.1) is 18.5 Å². The summed E-state index contributed by atoms with van der Waals surface area (Å²) in [6.07, 6.45) is 0.112. The maximum Gasteiger partial charge on any atom is 0.267 e. The molecule has 3 rings (SSSR count). The van der Waals surface area contributed by atoms with Gasteiger partial charge in [-0.2, -0.15) is 0 Å². The summed E-state index contributed by atoms with van der Waals surface area (Å²) in [6.45, 7) is 3.74. The van der Waals surface area contributed by atoms with Crippen molar-refractivity contribution in [2.45, 2.75) is 20.0 Å². The Morgan fingerprint density at radius 1 is 1.23 bits per heavy atom. The van der Waals surface area contributed by atoms with Crippen LogP contribution >= 0.6 is 11.6 Å². The first-order chi connectivity index (χ1) is 12.1. The minimum atomic E-state index is -3.59. The van der Waals surface area contributed by atoms with E-state index in [0.29, 0.717) is 22.1 Å². The lowest BCUT2D eigenvalue weighted by Crippen LogP contribution is -2.48. The maximum absolute atomic E-state index is 12.7. The quantitative estimate of drug-likeness (QED) is 0.867. The molecule has 0 spiro atoms. The molecule has 0 radical (unpaired) electrons. The number of fused-ring (bicyclic) bond motifs is 1. The van der Waals surface area contributed by atoms with Gasteiger partial charge in [-0.15, -0.1) is 0 Å². The molecule has 26 heavy (non-hydrogen) atoms. The highest BCUT2D eigenvalue weighted by molar-refractivity contribution is 7.92. The average Bonchev–Trinajstić information content (AvgIpc) is 2.55. The second-order valence-corrected chi connectivity index (χ2v) is 8.66. The number of nitrogens with zero attached hydrogens (tertiary/aromatic N) is 1. The molecule has 0 unspecified atom stereocenters. The maximum atomic E-state index is 12.7. The molecule has 0 saturated carbocycles. The minimum Gasteiger partial charge on any atom is -0.476 e. The van der Waals surface area contributed by atoms with E-state index in [4.69, 9.17) is 16.3 Å². The number of hydrogen-bond acceptors (Lipinski definition) is 4. The highest BCUT2D eigenvalue weighted by Gasteiger charge is 2.35. The lowest BCUT2D eigenvalue weighted by atomic mass is 10.1. The lowest BCUT2D eigenvalue weighted by molar-refractivity contribution is -0.122. The molecular formula is C18H19ClN2O4S. The van der Waals surface area contributed by atoms with Crippen molar-refractivity contribution in [3.05, 3.63) is 52.5 Å². The fraction of sp³-hybridized carbons (Fsp3) is 0.278. The number of nitrogens with one attached hydrogen (secondary N) is 1. The Hall–Kier alpha value is -2.25. The molecule has 1 aliphatic heterocycles. The second-order valence-electron chi connectivity index (χ2n) is 6.32. The Kier molecular flexibility index (Phi) is 4.86. The van der Waals surface area contributed by atoms with Gasteiger partial charge in [-0.05, 0) is 43.7 Å². The molecule has 0 aromatic heterocycles. The van der Waals surface area contributed by atoms with E-state index in [2.05, 4.69) is 5.32 Å². The Bertz CT molecular complexity index is 975. The third-order valence-electron chi connectivity index (χ3n) is 4.12. The number of halogens is 1. The summed E-state index contributed by atoms with van der Waals surface area (Å²) in [5, 5.41) is 3.20. The fourth-order valence-electron chi connectivity index (χ4n) is 2.84. The normalized spacial score (nSPS) is 16.6. The van der Waals surface area contributed by atoms with E-state index in [0.717, 1.165) is 21.7 Å². The Balaban J connectivity index is 1.89.